The Kier molecular flexibility index (Phi) is 5.40. The van der Waals surface area contributed by atoms with Gasteiger partial charge in [-0.1, -0.05) is 0 Å². The zero-order chi connectivity index (χ0) is 11.3. The van der Waals surface area contributed by atoms with E-state index in [2.05, 4.69) is 4.89 Å². The van der Waals surface area contributed by atoms with Crippen LogP contribution in [-0.2, 0) is 19.2 Å². The van der Waals surface area contributed by atoms with E-state index in [0.717, 1.165) is 0 Å². The van der Waals surface area contributed by atoms with Gasteiger partial charge < -0.3 is 24.8 Å². The first-order valence-corrected chi connectivity index (χ1v) is 4.60. The second kappa shape index (κ2) is 6.33. The predicted octanol–water partition coefficient (Wildman–Crippen LogP) is -1.98. The standard InChI is InChI=1S/C8H16O7/c1-12-2-3-13-15-7-6(10)5(4-9)14-8(7)11/h5-11H,2-4H2,1H3/t5-,6-,7+,8?/m1/s1. The van der Waals surface area contributed by atoms with Crippen LogP contribution in [0.2, 0.25) is 0 Å². The Balaban J connectivity index is 2.28. The number of aliphatic hydroxyl groups is 3. The lowest BCUT2D eigenvalue weighted by atomic mass is 10.1. The van der Waals surface area contributed by atoms with E-state index in [1.807, 2.05) is 0 Å². The Labute approximate surface area is 87.1 Å². The molecule has 0 spiro atoms. The summed E-state index contributed by atoms with van der Waals surface area (Å²) in [7, 11) is 1.51. The Morgan fingerprint density at radius 1 is 1.27 bits per heavy atom. The van der Waals surface area contributed by atoms with Crippen molar-refractivity contribution < 1.29 is 34.6 Å². The molecule has 0 radical (unpaired) electrons. The van der Waals surface area contributed by atoms with Gasteiger partial charge in [-0.2, -0.15) is 0 Å². The fourth-order valence-electron chi connectivity index (χ4n) is 1.22. The molecule has 15 heavy (non-hydrogen) atoms. The summed E-state index contributed by atoms with van der Waals surface area (Å²) in [5.74, 6) is 0. The molecule has 1 saturated heterocycles. The molecule has 3 N–H and O–H groups in total. The van der Waals surface area contributed by atoms with Gasteiger partial charge in [-0.25, -0.2) is 9.78 Å². The molecule has 7 nitrogen and oxygen atoms in total. The van der Waals surface area contributed by atoms with Gasteiger partial charge in [-0.15, -0.1) is 0 Å². The summed E-state index contributed by atoms with van der Waals surface area (Å²) >= 11 is 0. The number of aliphatic hydroxyl groups excluding tert-OH is 3. The van der Waals surface area contributed by atoms with Gasteiger partial charge in [0, 0.05) is 7.11 Å². The molecule has 90 valence electrons. The molecule has 4 atom stereocenters. The lowest BCUT2D eigenvalue weighted by molar-refractivity contribution is -0.355. The quantitative estimate of drug-likeness (QED) is 0.273. The van der Waals surface area contributed by atoms with Crippen molar-refractivity contribution in [1.82, 2.24) is 0 Å². The molecule has 1 aliphatic rings. The van der Waals surface area contributed by atoms with E-state index in [0.29, 0.717) is 6.61 Å². The van der Waals surface area contributed by atoms with Crippen molar-refractivity contribution in [1.29, 1.82) is 0 Å². The summed E-state index contributed by atoms with van der Waals surface area (Å²) in [4.78, 5) is 9.43. The number of hydrogen-bond acceptors (Lipinski definition) is 7. The van der Waals surface area contributed by atoms with Crippen LogP contribution in [0.25, 0.3) is 0 Å². The second-order valence-corrected chi connectivity index (χ2v) is 3.11. The zero-order valence-corrected chi connectivity index (χ0v) is 8.41. The lowest BCUT2D eigenvalue weighted by Crippen LogP contribution is -2.36. The Hall–Kier alpha value is -0.280. The minimum atomic E-state index is -1.31. The van der Waals surface area contributed by atoms with E-state index in [1.54, 1.807) is 0 Å². The highest BCUT2D eigenvalue weighted by Crippen LogP contribution is 2.22. The summed E-state index contributed by atoms with van der Waals surface area (Å²) in [6, 6.07) is 0. The molecule has 1 aliphatic heterocycles. The molecule has 0 amide bonds. The molecule has 1 unspecified atom stereocenters. The van der Waals surface area contributed by atoms with Crippen molar-refractivity contribution in [2.75, 3.05) is 26.9 Å². The van der Waals surface area contributed by atoms with E-state index in [1.165, 1.54) is 7.11 Å². The normalized spacial score (nSPS) is 36.0. The van der Waals surface area contributed by atoms with Crippen LogP contribution in [0.1, 0.15) is 0 Å². The van der Waals surface area contributed by atoms with E-state index in [9.17, 15) is 10.2 Å². The van der Waals surface area contributed by atoms with Crippen LogP contribution >= 0.6 is 0 Å². The average molecular weight is 224 g/mol. The fourth-order valence-corrected chi connectivity index (χ4v) is 1.22. The molecule has 1 fully saturated rings. The predicted molar refractivity (Wildman–Crippen MR) is 46.7 cm³/mol. The van der Waals surface area contributed by atoms with Gasteiger partial charge in [0.1, 0.15) is 18.8 Å². The molecule has 0 bridgehead atoms. The topological polar surface area (TPSA) is 97.6 Å². The van der Waals surface area contributed by atoms with Crippen molar-refractivity contribution >= 4 is 0 Å². The lowest BCUT2D eigenvalue weighted by Gasteiger charge is -2.16. The molecule has 0 saturated carbocycles. The number of ether oxygens (including phenoxy) is 2. The molecule has 0 aromatic rings. The van der Waals surface area contributed by atoms with Gasteiger partial charge in [0.2, 0.25) is 0 Å². The molecule has 1 heterocycles. The van der Waals surface area contributed by atoms with E-state index < -0.39 is 31.2 Å². The number of methoxy groups -OCH3 is 1. The van der Waals surface area contributed by atoms with E-state index in [4.69, 9.17) is 19.5 Å². The first kappa shape index (κ1) is 12.8. The maximum absolute atomic E-state index is 9.49. The Morgan fingerprint density at radius 2 is 2.00 bits per heavy atom. The number of rotatable bonds is 6. The third-order valence-electron chi connectivity index (χ3n) is 2.04. The van der Waals surface area contributed by atoms with Crippen LogP contribution in [0, 0.1) is 0 Å². The van der Waals surface area contributed by atoms with Crippen LogP contribution in [0.3, 0.4) is 0 Å². The monoisotopic (exact) mass is 224 g/mol. The first-order chi connectivity index (χ1) is 7.20. The molecular formula is C8H16O7. The van der Waals surface area contributed by atoms with Gasteiger partial charge >= 0.3 is 0 Å². The van der Waals surface area contributed by atoms with E-state index in [-0.39, 0.29) is 6.61 Å². The summed E-state index contributed by atoms with van der Waals surface area (Å²) in [5.41, 5.74) is 0. The van der Waals surface area contributed by atoms with Crippen molar-refractivity contribution in [2.24, 2.45) is 0 Å². The summed E-state index contributed by atoms with van der Waals surface area (Å²) in [6.45, 7) is 0.121. The van der Waals surface area contributed by atoms with Gasteiger partial charge in [0.15, 0.2) is 12.4 Å². The summed E-state index contributed by atoms with van der Waals surface area (Å²) < 4.78 is 9.51. The first-order valence-electron chi connectivity index (χ1n) is 4.60. The van der Waals surface area contributed by atoms with Gasteiger partial charge in [-0.3, -0.25) is 0 Å². The van der Waals surface area contributed by atoms with Crippen LogP contribution in [-0.4, -0.2) is 66.9 Å². The SMILES string of the molecule is COCCOO[C@@H]1C(O)O[C@H](CO)[C@H]1O. The minimum absolute atomic E-state index is 0.177. The van der Waals surface area contributed by atoms with Crippen molar-refractivity contribution in [3.8, 4) is 0 Å². The van der Waals surface area contributed by atoms with Crippen LogP contribution < -0.4 is 0 Å². The summed E-state index contributed by atoms with van der Waals surface area (Å²) in [6.07, 6.45) is -4.29. The highest BCUT2D eigenvalue weighted by molar-refractivity contribution is 4.85. The maximum Gasteiger partial charge on any atom is 0.187 e. The average Bonchev–Trinajstić information content (AvgIpc) is 2.50. The van der Waals surface area contributed by atoms with E-state index >= 15 is 0 Å². The second-order valence-electron chi connectivity index (χ2n) is 3.11. The smallest absolute Gasteiger partial charge is 0.187 e. The largest absolute Gasteiger partial charge is 0.394 e. The summed E-state index contributed by atoms with van der Waals surface area (Å²) in [5, 5.41) is 27.6. The minimum Gasteiger partial charge on any atom is -0.394 e. The maximum atomic E-state index is 9.49. The zero-order valence-electron chi connectivity index (χ0n) is 8.41. The molecule has 1 rings (SSSR count). The molecule has 0 aliphatic carbocycles. The molecular weight excluding hydrogens is 208 g/mol. The fraction of sp³-hybridized carbons (Fsp3) is 1.00. The van der Waals surface area contributed by atoms with Crippen LogP contribution in [0.4, 0.5) is 0 Å². The molecule has 0 aromatic heterocycles. The highest BCUT2D eigenvalue weighted by atomic mass is 17.2. The van der Waals surface area contributed by atoms with Crippen molar-refractivity contribution in [3.63, 3.8) is 0 Å². The Bertz CT molecular complexity index is 176. The third kappa shape index (κ3) is 3.35. The number of hydrogen-bond donors (Lipinski definition) is 3. The van der Waals surface area contributed by atoms with Crippen LogP contribution in [0.5, 0.6) is 0 Å². The van der Waals surface area contributed by atoms with Crippen molar-refractivity contribution in [2.45, 2.75) is 24.6 Å². The van der Waals surface area contributed by atoms with Gasteiger partial charge in [-0.05, 0) is 0 Å². The molecule has 0 aromatic carbocycles. The van der Waals surface area contributed by atoms with Crippen LogP contribution in [0.15, 0.2) is 0 Å². The Morgan fingerprint density at radius 3 is 2.53 bits per heavy atom. The van der Waals surface area contributed by atoms with Gasteiger partial charge in [0.05, 0.1) is 13.2 Å². The van der Waals surface area contributed by atoms with Gasteiger partial charge in [0.25, 0.3) is 0 Å². The van der Waals surface area contributed by atoms with Crippen molar-refractivity contribution in [3.05, 3.63) is 0 Å². The third-order valence-corrected chi connectivity index (χ3v) is 2.04. The highest BCUT2D eigenvalue weighted by Gasteiger charge is 2.44. The molecule has 7 heteroatoms.